The van der Waals surface area contributed by atoms with Crippen molar-refractivity contribution in [2.75, 3.05) is 13.1 Å². The summed E-state index contributed by atoms with van der Waals surface area (Å²) in [6, 6.07) is 2.22. The standard InChI is InChI=1S/C9H16N2S2/c1-5-11(6-2)8(12)13-9(3,4)7-10/h5-6H2,1-4H3. The molecule has 0 bridgehead atoms. The fraction of sp³-hybridized carbons (Fsp3) is 0.778. The van der Waals surface area contributed by atoms with Gasteiger partial charge in [0, 0.05) is 13.1 Å². The first kappa shape index (κ1) is 12.7. The lowest BCUT2D eigenvalue weighted by molar-refractivity contribution is 0.482. The molecular weight excluding hydrogens is 200 g/mol. The van der Waals surface area contributed by atoms with Crippen LogP contribution >= 0.6 is 24.0 Å². The van der Waals surface area contributed by atoms with Gasteiger partial charge in [0.25, 0.3) is 0 Å². The van der Waals surface area contributed by atoms with Gasteiger partial charge in [0.1, 0.15) is 9.07 Å². The van der Waals surface area contributed by atoms with Gasteiger partial charge in [-0.15, -0.1) is 0 Å². The molecule has 0 aliphatic rings. The first-order valence-corrected chi connectivity index (χ1v) is 5.58. The quantitative estimate of drug-likeness (QED) is 0.678. The molecule has 4 heteroatoms. The highest BCUT2D eigenvalue weighted by atomic mass is 32.2. The molecule has 0 amide bonds. The number of thioether (sulfide) groups is 1. The lowest BCUT2D eigenvalue weighted by Crippen LogP contribution is -2.30. The average molecular weight is 216 g/mol. The van der Waals surface area contributed by atoms with Crippen LogP contribution < -0.4 is 0 Å². The second-order valence-electron chi connectivity index (χ2n) is 3.16. The Morgan fingerprint density at radius 1 is 1.46 bits per heavy atom. The normalized spacial score (nSPS) is 10.7. The Balaban J connectivity index is 4.23. The van der Waals surface area contributed by atoms with Crippen molar-refractivity contribution in [3.63, 3.8) is 0 Å². The van der Waals surface area contributed by atoms with Crippen molar-refractivity contribution in [2.45, 2.75) is 32.4 Å². The summed E-state index contributed by atoms with van der Waals surface area (Å²) in [4.78, 5) is 2.08. The van der Waals surface area contributed by atoms with Crippen molar-refractivity contribution >= 4 is 28.3 Å². The maximum absolute atomic E-state index is 8.82. The lowest BCUT2D eigenvalue weighted by Gasteiger charge is -2.24. The molecule has 0 spiro atoms. The van der Waals surface area contributed by atoms with Gasteiger partial charge < -0.3 is 4.90 Å². The predicted octanol–water partition coefficient (Wildman–Crippen LogP) is 2.65. The Morgan fingerprint density at radius 3 is 2.23 bits per heavy atom. The fourth-order valence-electron chi connectivity index (χ4n) is 0.787. The first-order valence-electron chi connectivity index (χ1n) is 4.36. The minimum Gasteiger partial charge on any atom is -0.358 e. The molecule has 0 heterocycles. The van der Waals surface area contributed by atoms with Crippen molar-refractivity contribution in [1.29, 1.82) is 5.26 Å². The van der Waals surface area contributed by atoms with E-state index in [-0.39, 0.29) is 0 Å². The third-order valence-electron chi connectivity index (χ3n) is 1.63. The Bertz CT molecular complexity index is 214. The van der Waals surface area contributed by atoms with Crippen molar-refractivity contribution in [3.8, 4) is 6.07 Å². The average Bonchev–Trinajstić information content (AvgIpc) is 2.06. The Labute approximate surface area is 90.3 Å². The second-order valence-corrected chi connectivity index (χ2v) is 5.42. The zero-order chi connectivity index (χ0) is 10.5. The van der Waals surface area contributed by atoms with E-state index in [4.69, 9.17) is 17.5 Å². The maximum Gasteiger partial charge on any atom is 0.137 e. The lowest BCUT2D eigenvalue weighted by atomic mass is 10.2. The van der Waals surface area contributed by atoms with Crippen LogP contribution in [0.5, 0.6) is 0 Å². The third-order valence-corrected chi connectivity index (χ3v) is 3.18. The van der Waals surface area contributed by atoms with Crippen LogP contribution in [0.2, 0.25) is 0 Å². The number of rotatable bonds is 3. The molecule has 0 aromatic rings. The van der Waals surface area contributed by atoms with E-state index in [1.165, 1.54) is 11.8 Å². The van der Waals surface area contributed by atoms with Gasteiger partial charge in [0.05, 0.1) is 6.07 Å². The number of nitrogens with zero attached hydrogens (tertiary/aromatic N) is 2. The molecule has 0 saturated carbocycles. The highest BCUT2D eigenvalue weighted by Gasteiger charge is 2.21. The molecule has 0 radical (unpaired) electrons. The van der Waals surface area contributed by atoms with Crippen molar-refractivity contribution < 1.29 is 0 Å². The molecule has 0 fully saturated rings. The number of nitriles is 1. The molecule has 13 heavy (non-hydrogen) atoms. The summed E-state index contributed by atoms with van der Waals surface area (Å²) < 4.78 is 0.399. The summed E-state index contributed by atoms with van der Waals surface area (Å²) in [5, 5.41) is 8.82. The molecule has 74 valence electrons. The minimum absolute atomic E-state index is 0.417. The second kappa shape index (κ2) is 5.46. The Kier molecular flexibility index (Phi) is 5.34. The third kappa shape index (κ3) is 4.49. The molecular formula is C9H16N2S2. The van der Waals surface area contributed by atoms with E-state index in [1.807, 2.05) is 13.8 Å². The van der Waals surface area contributed by atoms with Gasteiger partial charge >= 0.3 is 0 Å². The summed E-state index contributed by atoms with van der Waals surface area (Å²) in [5.41, 5.74) is 0. The van der Waals surface area contributed by atoms with Gasteiger partial charge in [0.2, 0.25) is 0 Å². The Hall–Kier alpha value is -0.270. The first-order chi connectivity index (χ1) is 5.96. The van der Waals surface area contributed by atoms with E-state index < -0.39 is 4.75 Å². The van der Waals surface area contributed by atoms with E-state index in [0.29, 0.717) is 0 Å². The monoisotopic (exact) mass is 216 g/mol. The summed E-state index contributed by atoms with van der Waals surface area (Å²) >= 11 is 6.68. The van der Waals surface area contributed by atoms with Crippen molar-refractivity contribution in [2.24, 2.45) is 0 Å². The number of hydrogen-bond acceptors (Lipinski definition) is 3. The summed E-state index contributed by atoms with van der Waals surface area (Å²) in [5.74, 6) is 0. The smallest absolute Gasteiger partial charge is 0.137 e. The molecule has 0 saturated heterocycles. The maximum atomic E-state index is 8.82. The van der Waals surface area contributed by atoms with Crippen LogP contribution in [-0.2, 0) is 0 Å². The fourth-order valence-corrected chi connectivity index (χ4v) is 2.54. The number of hydrogen-bond donors (Lipinski definition) is 0. The molecule has 0 N–H and O–H groups in total. The van der Waals surface area contributed by atoms with E-state index in [2.05, 4.69) is 24.8 Å². The SMILES string of the molecule is CCN(CC)C(=S)SC(C)(C)C#N. The molecule has 0 aromatic heterocycles. The van der Waals surface area contributed by atoms with Gasteiger partial charge in [-0.1, -0.05) is 24.0 Å². The van der Waals surface area contributed by atoms with Crippen LogP contribution in [0, 0.1) is 11.3 Å². The molecule has 0 rings (SSSR count). The topological polar surface area (TPSA) is 27.0 Å². The summed E-state index contributed by atoms with van der Waals surface area (Å²) in [6.07, 6.45) is 0. The zero-order valence-electron chi connectivity index (χ0n) is 8.63. The van der Waals surface area contributed by atoms with Crippen molar-refractivity contribution in [1.82, 2.24) is 4.90 Å². The number of thiocarbonyl (C=S) groups is 1. The molecule has 0 unspecified atom stereocenters. The van der Waals surface area contributed by atoms with Crippen LogP contribution in [-0.4, -0.2) is 27.1 Å². The van der Waals surface area contributed by atoms with Gasteiger partial charge in [-0.05, 0) is 27.7 Å². The van der Waals surface area contributed by atoms with Crippen LogP contribution in [0.25, 0.3) is 0 Å². The van der Waals surface area contributed by atoms with Gasteiger partial charge in [-0.2, -0.15) is 5.26 Å². The summed E-state index contributed by atoms with van der Waals surface area (Å²) in [7, 11) is 0. The van der Waals surface area contributed by atoms with E-state index in [0.717, 1.165) is 17.4 Å². The van der Waals surface area contributed by atoms with Gasteiger partial charge in [0.15, 0.2) is 0 Å². The van der Waals surface area contributed by atoms with Gasteiger partial charge in [-0.3, -0.25) is 0 Å². The molecule has 0 aliphatic heterocycles. The molecule has 0 atom stereocenters. The van der Waals surface area contributed by atoms with E-state index in [1.54, 1.807) is 0 Å². The van der Waals surface area contributed by atoms with Crippen molar-refractivity contribution in [3.05, 3.63) is 0 Å². The highest BCUT2D eigenvalue weighted by Crippen LogP contribution is 2.26. The summed E-state index contributed by atoms with van der Waals surface area (Å²) in [6.45, 7) is 9.71. The Morgan fingerprint density at radius 2 is 1.92 bits per heavy atom. The molecule has 0 aliphatic carbocycles. The van der Waals surface area contributed by atoms with Crippen LogP contribution in [0.4, 0.5) is 0 Å². The van der Waals surface area contributed by atoms with Crippen LogP contribution in [0.3, 0.4) is 0 Å². The largest absolute Gasteiger partial charge is 0.358 e. The van der Waals surface area contributed by atoms with E-state index in [9.17, 15) is 0 Å². The van der Waals surface area contributed by atoms with Crippen LogP contribution in [0.15, 0.2) is 0 Å². The predicted molar refractivity (Wildman–Crippen MR) is 62.8 cm³/mol. The van der Waals surface area contributed by atoms with Gasteiger partial charge in [-0.25, -0.2) is 0 Å². The molecule has 0 aromatic carbocycles. The van der Waals surface area contributed by atoms with E-state index >= 15 is 0 Å². The van der Waals surface area contributed by atoms with Crippen LogP contribution in [0.1, 0.15) is 27.7 Å². The molecule has 2 nitrogen and oxygen atoms in total. The highest BCUT2D eigenvalue weighted by molar-refractivity contribution is 8.23. The zero-order valence-corrected chi connectivity index (χ0v) is 10.3. The minimum atomic E-state index is -0.417.